The first-order chi connectivity index (χ1) is 9.63. The molecule has 1 atom stereocenters. The number of likely N-dealkylation sites (tertiary alicyclic amines) is 1. The standard InChI is InChI=1S/C15H19N3O2/c1-10-4-6-16-13(8-10)14(19)17-12-5-7-18(9-12)15(20)11-2-3-11/h4,6,8,11-12H,2-3,5,7,9H2,1H3,(H,17,19). The quantitative estimate of drug-likeness (QED) is 0.898. The van der Waals surface area contributed by atoms with Crippen LogP contribution in [-0.4, -0.2) is 40.8 Å². The number of carbonyl (C=O) groups excluding carboxylic acids is 2. The molecule has 2 heterocycles. The molecule has 5 nitrogen and oxygen atoms in total. The van der Waals surface area contributed by atoms with E-state index in [1.807, 2.05) is 17.9 Å². The number of hydrogen-bond donors (Lipinski definition) is 1. The Morgan fingerprint density at radius 2 is 2.15 bits per heavy atom. The molecule has 1 aliphatic carbocycles. The molecule has 0 bridgehead atoms. The van der Waals surface area contributed by atoms with Crippen molar-refractivity contribution in [3.05, 3.63) is 29.6 Å². The molecule has 20 heavy (non-hydrogen) atoms. The summed E-state index contributed by atoms with van der Waals surface area (Å²) < 4.78 is 0. The lowest BCUT2D eigenvalue weighted by molar-refractivity contribution is -0.131. The van der Waals surface area contributed by atoms with Crippen LogP contribution < -0.4 is 5.32 Å². The smallest absolute Gasteiger partial charge is 0.270 e. The minimum Gasteiger partial charge on any atom is -0.346 e. The Kier molecular flexibility index (Phi) is 3.42. The summed E-state index contributed by atoms with van der Waals surface area (Å²) in [5.41, 5.74) is 1.46. The number of nitrogens with zero attached hydrogens (tertiary/aromatic N) is 2. The molecule has 1 saturated heterocycles. The Hall–Kier alpha value is -1.91. The van der Waals surface area contributed by atoms with Gasteiger partial charge in [0.2, 0.25) is 5.91 Å². The normalized spacial score (nSPS) is 21.9. The zero-order chi connectivity index (χ0) is 14.1. The minimum atomic E-state index is -0.153. The van der Waals surface area contributed by atoms with Crippen molar-refractivity contribution in [2.45, 2.75) is 32.2 Å². The van der Waals surface area contributed by atoms with E-state index in [0.29, 0.717) is 12.2 Å². The van der Waals surface area contributed by atoms with Gasteiger partial charge in [0.1, 0.15) is 5.69 Å². The number of hydrogen-bond acceptors (Lipinski definition) is 3. The number of pyridine rings is 1. The molecule has 2 fully saturated rings. The molecule has 5 heteroatoms. The second-order valence-corrected chi connectivity index (χ2v) is 5.74. The van der Waals surface area contributed by atoms with Gasteiger partial charge in [0.25, 0.3) is 5.91 Å². The van der Waals surface area contributed by atoms with Crippen molar-refractivity contribution in [3.8, 4) is 0 Å². The van der Waals surface area contributed by atoms with Crippen molar-refractivity contribution in [1.82, 2.24) is 15.2 Å². The zero-order valence-corrected chi connectivity index (χ0v) is 11.6. The molecular weight excluding hydrogens is 254 g/mol. The predicted molar refractivity (Wildman–Crippen MR) is 74.1 cm³/mol. The zero-order valence-electron chi connectivity index (χ0n) is 11.6. The lowest BCUT2D eigenvalue weighted by atomic mass is 10.2. The van der Waals surface area contributed by atoms with Crippen LogP contribution in [-0.2, 0) is 4.79 Å². The summed E-state index contributed by atoms with van der Waals surface area (Å²) in [5.74, 6) is 0.359. The third-order valence-electron chi connectivity index (χ3n) is 3.91. The van der Waals surface area contributed by atoms with E-state index in [2.05, 4.69) is 10.3 Å². The summed E-state index contributed by atoms with van der Waals surface area (Å²) in [5, 5.41) is 2.97. The summed E-state index contributed by atoms with van der Waals surface area (Å²) in [6.07, 6.45) is 4.52. The van der Waals surface area contributed by atoms with Crippen molar-refractivity contribution in [3.63, 3.8) is 0 Å². The molecule has 1 unspecified atom stereocenters. The Bertz CT molecular complexity index is 540. The summed E-state index contributed by atoms with van der Waals surface area (Å²) in [6.45, 7) is 3.32. The van der Waals surface area contributed by atoms with E-state index in [1.54, 1.807) is 12.3 Å². The molecule has 1 aromatic heterocycles. The maximum Gasteiger partial charge on any atom is 0.270 e. The summed E-state index contributed by atoms with van der Waals surface area (Å²) >= 11 is 0. The average molecular weight is 273 g/mol. The van der Waals surface area contributed by atoms with Crippen LogP contribution in [0.5, 0.6) is 0 Å². The average Bonchev–Trinajstić information content (AvgIpc) is 3.18. The van der Waals surface area contributed by atoms with E-state index >= 15 is 0 Å². The molecule has 0 spiro atoms. The Labute approximate surface area is 118 Å². The van der Waals surface area contributed by atoms with E-state index in [0.717, 1.165) is 31.4 Å². The number of aryl methyl sites for hydroxylation is 1. The van der Waals surface area contributed by atoms with Gasteiger partial charge in [-0.1, -0.05) is 0 Å². The van der Waals surface area contributed by atoms with Crippen molar-refractivity contribution in [2.24, 2.45) is 5.92 Å². The third kappa shape index (κ3) is 2.81. The van der Waals surface area contributed by atoms with E-state index in [1.165, 1.54) is 0 Å². The number of amides is 2. The number of aromatic nitrogens is 1. The van der Waals surface area contributed by atoms with Crippen LogP contribution >= 0.6 is 0 Å². The third-order valence-corrected chi connectivity index (χ3v) is 3.91. The number of rotatable bonds is 3. The van der Waals surface area contributed by atoms with Gasteiger partial charge in [0, 0.05) is 31.2 Å². The van der Waals surface area contributed by atoms with Gasteiger partial charge in [0.05, 0.1) is 0 Å². The van der Waals surface area contributed by atoms with Crippen LogP contribution in [0.4, 0.5) is 0 Å². The molecule has 3 rings (SSSR count). The van der Waals surface area contributed by atoms with E-state index in [-0.39, 0.29) is 23.8 Å². The van der Waals surface area contributed by atoms with E-state index < -0.39 is 0 Å². The fourth-order valence-corrected chi connectivity index (χ4v) is 2.59. The highest BCUT2D eigenvalue weighted by molar-refractivity contribution is 5.92. The monoisotopic (exact) mass is 273 g/mol. The molecule has 0 aromatic carbocycles. The first-order valence-corrected chi connectivity index (χ1v) is 7.16. The minimum absolute atomic E-state index is 0.0486. The van der Waals surface area contributed by atoms with Crippen molar-refractivity contribution in [2.75, 3.05) is 13.1 Å². The van der Waals surface area contributed by atoms with Crippen molar-refractivity contribution >= 4 is 11.8 Å². The van der Waals surface area contributed by atoms with E-state index in [4.69, 9.17) is 0 Å². The van der Waals surface area contributed by atoms with Crippen molar-refractivity contribution in [1.29, 1.82) is 0 Å². The number of nitrogens with one attached hydrogen (secondary N) is 1. The fraction of sp³-hybridized carbons (Fsp3) is 0.533. The number of carbonyl (C=O) groups is 2. The maximum absolute atomic E-state index is 12.1. The second-order valence-electron chi connectivity index (χ2n) is 5.74. The lowest BCUT2D eigenvalue weighted by Crippen LogP contribution is -2.39. The molecule has 1 N–H and O–H groups in total. The van der Waals surface area contributed by atoms with Gasteiger partial charge < -0.3 is 10.2 Å². The first kappa shape index (κ1) is 13.1. The van der Waals surface area contributed by atoms with Crippen LogP contribution in [0.3, 0.4) is 0 Å². The van der Waals surface area contributed by atoms with Gasteiger partial charge in [-0.05, 0) is 43.9 Å². The fourth-order valence-electron chi connectivity index (χ4n) is 2.59. The predicted octanol–water partition coefficient (Wildman–Crippen LogP) is 1.13. The summed E-state index contributed by atoms with van der Waals surface area (Å²) in [4.78, 5) is 30.0. The Morgan fingerprint density at radius 3 is 2.85 bits per heavy atom. The van der Waals surface area contributed by atoms with Crippen LogP contribution in [0.15, 0.2) is 18.3 Å². The molecule has 2 amide bonds. The molecule has 1 aliphatic heterocycles. The highest BCUT2D eigenvalue weighted by atomic mass is 16.2. The van der Waals surface area contributed by atoms with Gasteiger partial charge >= 0.3 is 0 Å². The Balaban J connectivity index is 1.56. The lowest BCUT2D eigenvalue weighted by Gasteiger charge is -2.16. The SMILES string of the molecule is Cc1ccnc(C(=O)NC2CCN(C(=O)C3CC3)C2)c1. The van der Waals surface area contributed by atoms with Gasteiger partial charge in [-0.3, -0.25) is 14.6 Å². The molecule has 1 saturated carbocycles. The topological polar surface area (TPSA) is 62.3 Å². The van der Waals surface area contributed by atoms with Crippen LogP contribution in [0, 0.1) is 12.8 Å². The van der Waals surface area contributed by atoms with Crippen LogP contribution in [0.1, 0.15) is 35.3 Å². The van der Waals surface area contributed by atoms with Gasteiger partial charge in [0.15, 0.2) is 0 Å². The molecule has 1 aromatic rings. The van der Waals surface area contributed by atoms with Gasteiger partial charge in [-0.2, -0.15) is 0 Å². The largest absolute Gasteiger partial charge is 0.346 e. The molecule has 0 radical (unpaired) electrons. The molecular formula is C15H19N3O2. The van der Waals surface area contributed by atoms with Gasteiger partial charge in [-0.25, -0.2) is 0 Å². The first-order valence-electron chi connectivity index (χ1n) is 7.16. The maximum atomic E-state index is 12.1. The van der Waals surface area contributed by atoms with Gasteiger partial charge in [-0.15, -0.1) is 0 Å². The second kappa shape index (κ2) is 5.23. The van der Waals surface area contributed by atoms with Crippen LogP contribution in [0.2, 0.25) is 0 Å². The van der Waals surface area contributed by atoms with Crippen LogP contribution in [0.25, 0.3) is 0 Å². The highest BCUT2D eigenvalue weighted by Crippen LogP contribution is 2.32. The summed E-state index contributed by atoms with van der Waals surface area (Å²) in [6, 6.07) is 3.69. The van der Waals surface area contributed by atoms with E-state index in [9.17, 15) is 9.59 Å². The molecule has 2 aliphatic rings. The van der Waals surface area contributed by atoms with Crippen molar-refractivity contribution < 1.29 is 9.59 Å². The molecule has 106 valence electrons. The Morgan fingerprint density at radius 1 is 1.35 bits per heavy atom. The summed E-state index contributed by atoms with van der Waals surface area (Å²) in [7, 11) is 0. The highest BCUT2D eigenvalue weighted by Gasteiger charge is 2.36.